The molecule has 0 bridgehead atoms. The lowest BCUT2D eigenvalue weighted by Crippen LogP contribution is -2.33. The van der Waals surface area contributed by atoms with Crippen LogP contribution in [0.25, 0.3) is 0 Å². The summed E-state index contributed by atoms with van der Waals surface area (Å²) in [7, 11) is -4.04. The normalized spacial score (nSPS) is 12.2. The molecule has 0 atom stereocenters. The van der Waals surface area contributed by atoms with Gasteiger partial charge in [-0.15, -0.1) is 0 Å². The molecule has 2 aromatic carbocycles. The summed E-state index contributed by atoms with van der Waals surface area (Å²) in [6.45, 7) is 3.72. The molecular weight excluding hydrogens is 435 g/mol. The van der Waals surface area contributed by atoms with Gasteiger partial charge >= 0.3 is 6.18 Å². The van der Waals surface area contributed by atoms with E-state index in [2.05, 4.69) is 10.0 Å². The van der Waals surface area contributed by atoms with Crippen LogP contribution < -0.4 is 15.4 Å². The van der Waals surface area contributed by atoms with Crippen LogP contribution in [0, 0.1) is 5.41 Å². The molecule has 3 N–H and O–H groups in total. The van der Waals surface area contributed by atoms with Crippen molar-refractivity contribution in [2.24, 2.45) is 5.41 Å². The summed E-state index contributed by atoms with van der Waals surface area (Å²) in [4.78, 5) is 23.6. The minimum absolute atomic E-state index is 0.116. The average Bonchev–Trinajstić information content (AvgIpc) is 2.65. The SMILES string of the molecule is CC(C)(C)C(=O)Nc1cccc(NS(=O)(=O)c2ccc(C(=O)NCC(F)(F)F)cc2)c1. The smallest absolute Gasteiger partial charge is 0.343 e. The summed E-state index contributed by atoms with van der Waals surface area (Å²) in [5, 5.41) is 4.40. The Morgan fingerprint density at radius 2 is 1.52 bits per heavy atom. The minimum Gasteiger partial charge on any atom is -0.343 e. The van der Waals surface area contributed by atoms with E-state index >= 15 is 0 Å². The second-order valence-electron chi connectivity index (χ2n) is 7.71. The maximum atomic E-state index is 12.6. The summed E-state index contributed by atoms with van der Waals surface area (Å²) in [6, 6.07) is 10.5. The molecule has 11 heteroatoms. The van der Waals surface area contributed by atoms with Crippen molar-refractivity contribution in [2.45, 2.75) is 31.8 Å². The van der Waals surface area contributed by atoms with Crippen LogP contribution in [0.15, 0.2) is 53.4 Å². The monoisotopic (exact) mass is 457 g/mol. The molecular formula is C20H22F3N3O4S. The molecule has 2 amide bonds. The van der Waals surface area contributed by atoms with Crippen molar-refractivity contribution >= 4 is 33.2 Å². The number of carbonyl (C=O) groups is 2. The first-order valence-corrected chi connectivity index (χ1v) is 10.5. The summed E-state index contributed by atoms with van der Waals surface area (Å²) in [5.74, 6) is -1.22. The zero-order valence-electron chi connectivity index (χ0n) is 17.0. The molecule has 0 aliphatic rings. The van der Waals surface area contributed by atoms with E-state index in [-0.39, 0.29) is 22.1 Å². The van der Waals surface area contributed by atoms with Gasteiger partial charge in [0.05, 0.1) is 10.6 Å². The van der Waals surface area contributed by atoms with E-state index in [9.17, 15) is 31.2 Å². The number of nitrogens with one attached hydrogen (secondary N) is 3. The van der Waals surface area contributed by atoms with Crippen LogP contribution in [0.5, 0.6) is 0 Å². The second-order valence-corrected chi connectivity index (χ2v) is 9.40. The lowest BCUT2D eigenvalue weighted by molar-refractivity contribution is -0.123. The summed E-state index contributed by atoms with van der Waals surface area (Å²) in [6.07, 6.45) is -4.55. The quantitative estimate of drug-likeness (QED) is 0.614. The van der Waals surface area contributed by atoms with Gasteiger partial charge in [0.1, 0.15) is 6.54 Å². The van der Waals surface area contributed by atoms with E-state index in [1.54, 1.807) is 38.2 Å². The van der Waals surface area contributed by atoms with Crippen LogP contribution in [-0.4, -0.2) is 33.0 Å². The number of benzene rings is 2. The lowest BCUT2D eigenvalue weighted by atomic mass is 9.95. The Morgan fingerprint density at radius 3 is 2.06 bits per heavy atom. The fourth-order valence-electron chi connectivity index (χ4n) is 2.26. The highest BCUT2D eigenvalue weighted by molar-refractivity contribution is 7.92. The molecule has 31 heavy (non-hydrogen) atoms. The molecule has 0 radical (unpaired) electrons. The molecule has 2 rings (SSSR count). The van der Waals surface area contributed by atoms with Crippen LogP contribution in [0.3, 0.4) is 0 Å². The van der Waals surface area contributed by atoms with Crippen molar-refractivity contribution in [2.75, 3.05) is 16.6 Å². The van der Waals surface area contributed by atoms with E-state index in [0.717, 1.165) is 24.3 Å². The van der Waals surface area contributed by atoms with Crippen LogP contribution in [-0.2, 0) is 14.8 Å². The number of rotatable bonds is 6. The Labute approximate surface area is 178 Å². The fourth-order valence-corrected chi connectivity index (χ4v) is 3.31. The van der Waals surface area contributed by atoms with Gasteiger partial charge in [-0.25, -0.2) is 8.42 Å². The van der Waals surface area contributed by atoms with E-state index in [4.69, 9.17) is 0 Å². The highest BCUT2D eigenvalue weighted by Crippen LogP contribution is 2.22. The van der Waals surface area contributed by atoms with Gasteiger partial charge in [-0.05, 0) is 42.5 Å². The molecule has 0 unspecified atom stereocenters. The Hall–Kier alpha value is -3.08. The number of halogens is 3. The maximum Gasteiger partial charge on any atom is 0.405 e. The van der Waals surface area contributed by atoms with E-state index in [1.807, 2.05) is 0 Å². The third kappa shape index (κ3) is 7.28. The number of anilines is 2. The second kappa shape index (κ2) is 8.96. The number of amides is 2. The number of hydrogen-bond donors (Lipinski definition) is 3. The molecule has 0 aliphatic carbocycles. The van der Waals surface area contributed by atoms with Crippen molar-refractivity contribution in [1.82, 2.24) is 5.32 Å². The molecule has 0 aliphatic heterocycles. The topological polar surface area (TPSA) is 104 Å². The van der Waals surface area contributed by atoms with Crippen molar-refractivity contribution in [3.8, 4) is 0 Å². The largest absolute Gasteiger partial charge is 0.405 e. The van der Waals surface area contributed by atoms with Gasteiger partial charge in [0.2, 0.25) is 5.91 Å². The molecule has 0 saturated heterocycles. The van der Waals surface area contributed by atoms with Crippen LogP contribution in [0.2, 0.25) is 0 Å². The fraction of sp³-hybridized carbons (Fsp3) is 0.300. The molecule has 0 fully saturated rings. The average molecular weight is 457 g/mol. The zero-order valence-corrected chi connectivity index (χ0v) is 17.8. The maximum absolute atomic E-state index is 12.6. The first kappa shape index (κ1) is 24.2. The van der Waals surface area contributed by atoms with E-state index in [0.29, 0.717) is 5.69 Å². The van der Waals surface area contributed by atoms with Crippen LogP contribution >= 0.6 is 0 Å². The summed E-state index contributed by atoms with van der Waals surface area (Å²) >= 11 is 0. The van der Waals surface area contributed by atoms with Crippen LogP contribution in [0.4, 0.5) is 24.5 Å². The van der Waals surface area contributed by atoms with Crippen molar-refractivity contribution < 1.29 is 31.2 Å². The highest BCUT2D eigenvalue weighted by Gasteiger charge is 2.28. The Balaban J connectivity index is 2.12. The predicted octanol–water partition coefficient (Wildman–Crippen LogP) is 3.76. The van der Waals surface area contributed by atoms with E-state index in [1.165, 1.54) is 12.1 Å². The summed E-state index contributed by atoms with van der Waals surface area (Å²) in [5.41, 5.74) is -0.158. The minimum atomic E-state index is -4.55. The van der Waals surface area contributed by atoms with Gasteiger partial charge in [0.25, 0.3) is 15.9 Å². The standard InChI is InChI=1S/C20H22F3N3O4S/c1-19(2,3)18(28)25-14-5-4-6-15(11-14)26-31(29,30)16-9-7-13(8-10-16)17(27)24-12-20(21,22)23/h4-11,26H,12H2,1-3H3,(H,24,27)(H,25,28). The van der Waals surface area contributed by atoms with Gasteiger partial charge in [0.15, 0.2) is 0 Å². The molecule has 0 aromatic heterocycles. The van der Waals surface area contributed by atoms with E-state index < -0.39 is 34.1 Å². The van der Waals surface area contributed by atoms with Crippen molar-refractivity contribution in [3.63, 3.8) is 0 Å². The molecule has 168 valence electrons. The molecule has 7 nitrogen and oxygen atoms in total. The van der Waals surface area contributed by atoms with Crippen molar-refractivity contribution in [3.05, 3.63) is 54.1 Å². The number of alkyl halides is 3. The van der Waals surface area contributed by atoms with Gasteiger partial charge in [-0.2, -0.15) is 13.2 Å². The molecule has 0 saturated carbocycles. The number of carbonyl (C=O) groups excluding carboxylic acids is 2. The van der Waals surface area contributed by atoms with Gasteiger partial charge in [-0.1, -0.05) is 26.8 Å². The highest BCUT2D eigenvalue weighted by atomic mass is 32.2. The first-order chi connectivity index (χ1) is 14.2. The zero-order chi connectivity index (χ0) is 23.4. The number of sulfonamides is 1. The Kier molecular flexibility index (Phi) is 6.99. The van der Waals surface area contributed by atoms with Gasteiger partial charge in [-0.3, -0.25) is 14.3 Å². The van der Waals surface area contributed by atoms with Gasteiger partial charge < -0.3 is 10.6 Å². The Morgan fingerprint density at radius 1 is 0.935 bits per heavy atom. The molecule has 0 spiro atoms. The Bertz CT molecular complexity index is 1060. The first-order valence-electron chi connectivity index (χ1n) is 9.07. The van der Waals surface area contributed by atoms with Crippen molar-refractivity contribution in [1.29, 1.82) is 0 Å². The predicted molar refractivity (Wildman–Crippen MR) is 110 cm³/mol. The number of hydrogen-bond acceptors (Lipinski definition) is 4. The lowest BCUT2D eigenvalue weighted by Gasteiger charge is -2.18. The molecule has 2 aromatic rings. The summed E-state index contributed by atoms with van der Waals surface area (Å²) < 4.78 is 64.1. The third-order valence-corrected chi connectivity index (χ3v) is 5.33. The third-order valence-electron chi connectivity index (χ3n) is 3.93. The van der Waals surface area contributed by atoms with Crippen LogP contribution in [0.1, 0.15) is 31.1 Å². The molecule has 0 heterocycles. The van der Waals surface area contributed by atoms with Gasteiger partial charge in [0, 0.05) is 16.7 Å².